The van der Waals surface area contributed by atoms with Crippen molar-refractivity contribution in [1.29, 1.82) is 0 Å². The second kappa shape index (κ2) is 8.16. The summed E-state index contributed by atoms with van der Waals surface area (Å²) < 4.78 is 53.7. The van der Waals surface area contributed by atoms with Gasteiger partial charge >= 0.3 is 0 Å². The average Bonchev–Trinajstić information content (AvgIpc) is 3.04. The maximum Gasteiger partial charge on any atom is 0.267 e. The molecule has 0 spiro atoms. The second-order valence-corrected chi connectivity index (χ2v) is 9.45. The number of rotatable bonds is 4. The van der Waals surface area contributed by atoms with Crippen LogP contribution in [0.2, 0.25) is 10.2 Å². The van der Waals surface area contributed by atoms with Gasteiger partial charge in [-0.1, -0.05) is 41.4 Å². The summed E-state index contributed by atoms with van der Waals surface area (Å²) in [5.41, 5.74) is 1.38. The molecule has 32 heavy (non-hydrogen) atoms. The van der Waals surface area contributed by atoms with Gasteiger partial charge in [-0.25, -0.2) is 26.6 Å². The minimum absolute atomic E-state index is 0.0553. The van der Waals surface area contributed by atoms with E-state index in [1.807, 2.05) is 0 Å². The first kappa shape index (κ1) is 22.2. The fourth-order valence-electron chi connectivity index (χ4n) is 3.21. The number of hydrogen-bond acceptors (Lipinski definition) is 4. The van der Waals surface area contributed by atoms with Gasteiger partial charge in [0.25, 0.3) is 5.91 Å². The number of halogens is 4. The normalized spacial score (nSPS) is 11.7. The Morgan fingerprint density at radius 3 is 2.44 bits per heavy atom. The summed E-state index contributed by atoms with van der Waals surface area (Å²) in [4.78, 5) is 12.0. The fourth-order valence-corrected chi connectivity index (χ4v) is 4.13. The van der Waals surface area contributed by atoms with Crippen molar-refractivity contribution in [2.45, 2.75) is 0 Å². The van der Waals surface area contributed by atoms with Crippen LogP contribution in [0.5, 0.6) is 0 Å². The van der Waals surface area contributed by atoms with Crippen molar-refractivity contribution in [2.24, 2.45) is 0 Å². The number of carbonyl (C=O) groups is 1. The summed E-state index contributed by atoms with van der Waals surface area (Å²) in [7, 11) is -3.89. The number of sulfonamides is 1. The van der Waals surface area contributed by atoms with E-state index in [2.05, 4.69) is 5.10 Å². The number of nitrogens with zero attached hydrogens (tertiary/aromatic N) is 2. The molecule has 4 rings (SSSR count). The highest BCUT2D eigenvalue weighted by molar-refractivity contribution is 7.89. The van der Waals surface area contributed by atoms with Gasteiger partial charge in [-0.2, -0.15) is 5.10 Å². The molecule has 0 saturated heterocycles. The minimum Gasteiger partial charge on any atom is -0.268 e. The molecule has 0 bridgehead atoms. The summed E-state index contributed by atoms with van der Waals surface area (Å²) >= 11 is 12.6. The van der Waals surface area contributed by atoms with E-state index in [0.29, 0.717) is 22.0 Å². The first-order chi connectivity index (χ1) is 15.0. The van der Waals surface area contributed by atoms with Crippen LogP contribution in [0, 0.1) is 11.6 Å². The molecule has 0 aliphatic rings. The molecule has 11 heteroatoms. The summed E-state index contributed by atoms with van der Waals surface area (Å²) in [6.45, 7) is 0. The molecule has 0 aliphatic carbocycles. The number of hydrogen-bond donors (Lipinski definition) is 1. The van der Waals surface area contributed by atoms with Gasteiger partial charge in [-0.15, -0.1) is 0 Å². The van der Waals surface area contributed by atoms with E-state index in [4.69, 9.17) is 23.2 Å². The molecule has 0 saturated carbocycles. The Balaban J connectivity index is 1.80. The Hall–Kier alpha value is -3.01. The van der Waals surface area contributed by atoms with Crippen LogP contribution in [-0.2, 0) is 10.0 Å². The Bertz CT molecular complexity index is 1500. The number of nitrogens with one attached hydrogen (secondary N) is 1. The molecule has 0 fully saturated rings. The molecule has 1 aromatic heterocycles. The summed E-state index contributed by atoms with van der Waals surface area (Å²) in [5, 5.41) is 4.78. The smallest absolute Gasteiger partial charge is 0.267 e. The van der Waals surface area contributed by atoms with Crippen molar-refractivity contribution < 1.29 is 22.0 Å². The van der Waals surface area contributed by atoms with Gasteiger partial charge in [0.05, 0.1) is 28.0 Å². The number of aromatic nitrogens is 2. The monoisotopic (exact) mass is 495 g/mol. The first-order valence-electron chi connectivity index (χ1n) is 8.99. The van der Waals surface area contributed by atoms with Gasteiger partial charge in [0.15, 0.2) is 5.15 Å². The van der Waals surface area contributed by atoms with Gasteiger partial charge in [-0.05, 0) is 41.5 Å². The van der Waals surface area contributed by atoms with E-state index in [1.165, 1.54) is 16.8 Å². The maximum atomic E-state index is 14.6. The van der Waals surface area contributed by atoms with E-state index in [1.54, 1.807) is 35.1 Å². The molecule has 0 unspecified atom stereocenters. The molecule has 0 radical (unpaired) electrons. The lowest BCUT2D eigenvalue weighted by Crippen LogP contribution is -2.30. The zero-order chi connectivity index (χ0) is 23.2. The quantitative estimate of drug-likeness (QED) is 0.433. The van der Waals surface area contributed by atoms with Crippen LogP contribution in [0.4, 0.5) is 8.78 Å². The Labute approximate surface area is 191 Å². The molecule has 164 valence electrons. The fraction of sp³-hybridized carbons (Fsp3) is 0.0476. The highest BCUT2D eigenvalue weighted by atomic mass is 35.5. The first-order valence-corrected chi connectivity index (χ1v) is 11.6. The predicted molar refractivity (Wildman–Crippen MR) is 119 cm³/mol. The highest BCUT2D eigenvalue weighted by Crippen LogP contribution is 2.33. The largest absolute Gasteiger partial charge is 0.268 e. The third kappa shape index (κ3) is 4.32. The van der Waals surface area contributed by atoms with Gasteiger partial charge in [0.1, 0.15) is 11.6 Å². The van der Waals surface area contributed by atoms with Gasteiger partial charge in [0, 0.05) is 11.5 Å². The van der Waals surface area contributed by atoms with Crippen LogP contribution in [0.25, 0.3) is 27.7 Å². The molecule has 4 aromatic rings. The SMILES string of the molecule is CS(=O)(=O)NC(=O)c1cc(Cl)c(-n2nc(Cl)c3cc(-c4cccc(F)c4)ccc32)cc1F. The van der Waals surface area contributed by atoms with Crippen LogP contribution in [0.15, 0.2) is 54.6 Å². The van der Waals surface area contributed by atoms with Gasteiger partial charge in [0.2, 0.25) is 10.0 Å². The molecule has 6 nitrogen and oxygen atoms in total. The molecule has 1 N–H and O–H groups in total. The summed E-state index contributed by atoms with van der Waals surface area (Å²) in [6, 6.07) is 13.1. The zero-order valence-electron chi connectivity index (χ0n) is 16.2. The average molecular weight is 496 g/mol. The van der Waals surface area contributed by atoms with Crippen molar-refractivity contribution in [3.8, 4) is 16.8 Å². The summed E-state index contributed by atoms with van der Waals surface area (Å²) in [5.74, 6) is -2.53. The van der Waals surface area contributed by atoms with Crippen molar-refractivity contribution in [1.82, 2.24) is 14.5 Å². The number of fused-ring (bicyclic) bond motifs is 1. The van der Waals surface area contributed by atoms with Crippen molar-refractivity contribution >= 4 is 50.0 Å². The number of benzene rings is 3. The number of carbonyl (C=O) groups excluding carboxylic acids is 1. The molecule has 1 amide bonds. The molecular weight excluding hydrogens is 483 g/mol. The third-order valence-corrected chi connectivity index (χ3v) is 5.72. The Morgan fingerprint density at radius 2 is 1.75 bits per heavy atom. The number of amides is 1. The standard InChI is InChI=1S/C21H13Cl2F2N3O3S/c1-32(30,31)27-21(29)14-9-16(22)19(10-17(14)25)28-18-6-5-12(8-15(18)20(23)26-28)11-3-2-4-13(24)7-11/h2-10H,1H3,(H,27,29). The van der Waals surface area contributed by atoms with Crippen LogP contribution >= 0.6 is 23.2 Å². The lowest BCUT2D eigenvalue weighted by atomic mass is 10.0. The van der Waals surface area contributed by atoms with Crippen LogP contribution in [0.1, 0.15) is 10.4 Å². The summed E-state index contributed by atoms with van der Waals surface area (Å²) in [6.07, 6.45) is 0.773. The van der Waals surface area contributed by atoms with E-state index in [9.17, 15) is 22.0 Å². The van der Waals surface area contributed by atoms with Gasteiger partial charge < -0.3 is 0 Å². The minimum atomic E-state index is -3.89. The highest BCUT2D eigenvalue weighted by Gasteiger charge is 2.21. The Kier molecular flexibility index (Phi) is 5.66. The molecular formula is C21H13Cl2F2N3O3S. The molecule has 0 atom stereocenters. The molecule has 0 aliphatic heterocycles. The lowest BCUT2D eigenvalue weighted by molar-refractivity contribution is 0.0978. The topological polar surface area (TPSA) is 81.1 Å². The third-order valence-electron chi connectivity index (χ3n) is 4.58. The van der Waals surface area contributed by atoms with Crippen LogP contribution in [-0.4, -0.2) is 30.4 Å². The molecule has 3 aromatic carbocycles. The van der Waals surface area contributed by atoms with Crippen molar-refractivity contribution in [2.75, 3.05) is 6.26 Å². The van der Waals surface area contributed by atoms with Gasteiger partial charge in [-0.3, -0.25) is 4.79 Å². The lowest BCUT2D eigenvalue weighted by Gasteiger charge is -2.10. The van der Waals surface area contributed by atoms with E-state index in [0.717, 1.165) is 18.4 Å². The predicted octanol–water partition coefficient (Wildman–Crippen LogP) is 4.97. The van der Waals surface area contributed by atoms with E-state index >= 15 is 0 Å². The van der Waals surface area contributed by atoms with Crippen molar-refractivity contribution in [3.63, 3.8) is 0 Å². The molecule has 1 heterocycles. The second-order valence-electron chi connectivity index (χ2n) is 6.93. The van der Waals surface area contributed by atoms with Crippen LogP contribution < -0.4 is 4.72 Å². The van der Waals surface area contributed by atoms with Crippen molar-refractivity contribution in [3.05, 3.63) is 82.0 Å². The zero-order valence-corrected chi connectivity index (χ0v) is 18.6. The van der Waals surface area contributed by atoms with E-state index < -0.39 is 27.3 Å². The maximum absolute atomic E-state index is 14.6. The Morgan fingerprint density at radius 1 is 1.03 bits per heavy atom. The van der Waals surface area contributed by atoms with E-state index in [-0.39, 0.29) is 21.7 Å². The van der Waals surface area contributed by atoms with Crippen LogP contribution in [0.3, 0.4) is 0 Å².